The largest absolute Gasteiger partial charge is 0.387 e. The van der Waals surface area contributed by atoms with E-state index < -0.39 is 38.3 Å². The van der Waals surface area contributed by atoms with Crippen LogP contribution in [0.25, 0.3) is 0 Å². The van der Waals surface area contributed by atoms with Gasteiger partial charge in [0.15, 0.2) is 6.29 Å². The fourth-order valence-electron chi connectivity index (χ4n) is 1.24. The highest BCUT2D eigenvalue weighted by Gasteiger charge is 2.42. The van der Waals surface area contributed by atoms with Gasteiger partial charge in [-0.05, 0) is 6.08 Å². The van der Waals surface area contributed by atoms with E-state index in [1.165, 1.54) is 0 Å². The van der Waals surface area contributed by atoms with Crippen LogP contribution in [0, 0.1) is 0 Å². The number of ether oxygens (including phenoxy) is 1. The third kappa shape index (κ3) is 3.34. The molecule has 0 amide bonds. The van der Waals surface area contributed by atoms with E-state index in [9.17, 15) is 14.8 Å². The van der Waals surface area contributed by atoms with Crippen LogP contribution in [0.3, 0.4) is 0 Å². The molecule has 1 aliphatic heterocycles. The fraction of sp³-hybridized carbons (Fsp3) is 0.714. The molecule has 0 bridgehead atoms. The molecule has 8 nitrogen and oxygen atoms in total. The van der Waals surface area contributed by atoms with Gasteiger partial charge >= 0.3 is 7.60 Å². The highest BCUT2D eigenvalue weighted by Crippen LogP contribution is 2.36. The van der Waals surface area contributed by atoms with Crippen LogP contribution in [0.2, 0.25) is 0 Å². The van der Waals surface area contributed by atoms with Gasteiger partial charge in [-0.1, -0.05) is 0 Å². The van der Waals surface area contributed by atoms with Gasteiger partial charge < -0.3 is 34.9 Å². The van der Waals surface area contributed by atoms with Crippen molar-refractivity contribution in [3.8, 4) is 0 Å². The molecule has 1 rings (SSSR count). The Morgan fingerprint density at radius 2 is 1.56 bits per heavy atom. The molecule has 1 fully saturated rings. The summed E-state index contributed by atoms with van der Waals surface area (Å²) in [5, 5.41) is 36.8. The van der Waals surface area contributed by atoms with Crippen LogP contribution in [0.4, 0.5) is 0 Å². The van der Waals surface area contributed by atoms with Gasteiger partial charge in [0.05, 0.1) is 0 Å². The van der Waals surface area contributed by atoms with Gasteiger partial charge in [0.25, 0.3) is 0 Å². The average molecular weight is 256 g/mol. The van der Waals surface area contributed by atoms with Gasteiger partial charge in [-0.3, -0.25) is 4.57 Å². The van der Waals surface area contributed by atoms with E-state index in [0.29, 0.717) is 5.82 Å². The van der Waals surface area contributed by atoms with Crippen LogP contribution in [0.1, 0.15) is 0 Å². The van der Waals surface area contributed by atoms with Crippen molar-refractivity contribution in [2.45, 2.75) is 30.7 Å². The van der Waals surface area contributed by atoms with E-state index in [2.05, 4.69) is 4.74 Å². The van der Waals surface area contributed by atoms with Crippen molar-refractivity contribution in [3.05, 3.63) is 11.9 Å². The maximum Gasteiger partial charge on any atom is 0.348 e. The predicted octanol–water partition coefficient (Wildman–Crippen LogP) is -2.52. The van der Waals surface area contributed by atoms with Crippen LogP contribution < -0.4 is 0 Å². The van der Waals surface area contributed by atoms with Crippen LogP contribution >= 0.6 is 7.60 Å². The SMILES string of the molecule is O=P(O)(O)/C=C/C1OC(O)C(O)C(O)C1O. The molecule has 16 heavy (non-hydrogen) atoms. The topological polar surface area (TPSA) is 148 Å². The molecular weight excluding hydrogens is 243 g/mol. The first-order valence-corrected chi connectivity index (χ1v) is 6.03. The van der Waals surface area contributed by atoms with Crippen molar-refractivity contribution in [1.29, 1.82) is 0 Å². The lowest BCUT2D eigenvalue weighted by Gasteiger charge is -2.37. The zero-order valence-corrected chi connectivity index (χ0v) is 8.88. The summed E-state index contributed by atoms with van der Waals surface area (Å²) in [4.78, 5) is 17.1. The number of aliphatic hydroxyl groups excluding tert-OH is 4. The molecule has 5 unspecified atom stereocenters. The summed E-state index contributed by atoms with van der Waals surface area (Å²) in [5.74, 6) is 0.484. The number of aliphatic hydroxyl groups is 4. The Labute approximate surface area is 90.6 Å². The van der Waals surface area contributed by atoms with E-state index in [0.717, 1.165) is 6.08 Å². The monoisotopic (exact) mass is 256 g/mol. The van der Waals surface area contributed by atoms with Crippen LogP contribution in [0.15, 0.2) is 11.9 Å². The second-order valence-electron chi connectivity index (χ2n) is 3.39. The molecule has 0 spiro atoms. The molecule has 6 N–H and O–H groups in total. The van der Waals surface area contributed by atoms with E-state index >= 15 is 0 Å². The quantitative estimate of drug-likeness (QED) is 0.296. The van der Waals surface area contributed by atoms with Gasteiger partial charge in [0.1, 0.15) is 24.4 Å². The summed E-state index contributed by atoms with van der Waals surface area (Å²) in [7, 11) is -4.41. The fourth-order valence-corrected chi connectivity index (χ4v) is 1.64. The molecule has 1 aliphatic rings. The Morgan fingerprint density at radius 1 is 1.00 bits per heavy atom. The molecule has 0 aromatic heterocycles. The van der Waals surface area contributed by atoms with Gasteiger partial charge in [0, 0.05) is 5.82 Å². The summed E-state index contributed by atoms with van der Waals surface area (Å²) >= 11 is 0. The Morgan fingerprint density at radius 3 is 2.06 bits per heavy atom. The molecule has 0 radical (unpaired) electrons. The maximum absolute atomic E-state index is 10.5. The second kappa shape index (κ2) is 4.91. The highest BCUT2D eigenvalue weighted by molar-refractivity contribution is 7.55. The molecule has 1 saturated heterocycles. The smallest absolute Gasteiger partial charge is 0.348 e. The lowest BCUT2D eigenvalue weighted by Crippen LogP contribution is -2.56. The molecule has 5 atom stereocenters. The minimum atomic E-state index is -4.41. The Balaban J connectivity index is 2.75. The number of hydrogen-bond acceptors (Lipinski definition) is 6. The standard InChI is InChI=1S/C7H13O8P/c8-4-3(1-2-16(12,13)14)15-7(11)6(10)5(4)9/h1-11H,(H2,12,13,14)/b2-1+. The maximum atomic E-state index is 10.5. The predicted molar refractivity (Wildman–Crippen MR) is 50.1 cm³/mol. The Kier molecular flexibility index (Phi) is 4.22. The van der Waals surface area contributed by atoms with E-state index in [1.54, 1.807) is 0 Å². The summed E-state index contributed by atoms with van der Waals surface area (Å²) < 4.78 is 15.1. The summed E-state index contributed by atoms with van der Waals surface area (Å²) in [6, 6.07) is 0. The summed E-state index contributed by atoms with van der Waals surface area (Å²) in [6.07, 6.45) is -7.12. The molecule has 94 valence electrons. The van der Waals surface area contributed by atoms with Crippen molar-refractivity contribution in [2.75, 3.05) is 0 Å². The van der Waals surface area contributed by atoms with Gasteiger partial charge in [-0.2, -0.15) is 0 Å². The molecule has 0 aromatic carbocycles. The number of hydrogen-bond donors (Lipinski definition) is 6. The Bertz CT molecular complexity index is 312. The molecule has 1 heterocycles. The zero-order valence-electron chi connectivity index (χ0n) is 7.99. The molecular formula is C7H13O8P. The molecule has 9 heteroatoms. The lowest BCUT2D eigenvalue weighted by atomic mass is 9.99. The van der Waals surface area contributed by atoms with Crippen molar-refractivity contribution in [2.24, 2.45) is 0 Å². The van der Waals surface area contributed by atoms with Crippen molar-refractivity contribution in [1.82, 2.24) is 0 Å². The molecule has 0 aliphatic carbocycles. The summed E-state index contributed by atoms with van der Waals surface area (Å²) in [5.41, 5.74) is 0. The lowest BCUT2D eigenvalue weighted by molar-refractivity contribution is -0.271. The van der Waals surface area contributed by atoms with E-state index in [1.807, 2.05) is 0 Å². The van der Waals surface area contributed by atoms with Crippen LogP contribution in [0.5, 0.6) is 0 Å². The molecule has 0 saturated carbocycles. The van der Waals surface area contributed by atoms with Gasteiger partial charge in [-0.25, -0.2) is 0 Å². The minimum Gasteiger partial charge on any atom is -0.387 e. The van der Waals surface area contributed by atoms with E-state index in [-0.39, 0.29) is 0 Å². The van der Waals surface area contributed by atoms with Crippen LogP contribution in [-0.2, 0) is 9.30 Å². The first-order chi connectivity index (χ1) is 7.22. The number of rotatable bonds is 2. The van der Waals surface area contributed by atoms with Crippen molar-refractivity contribution >= 4 is 7.60 Å². The third-order valence-corrected chi connectivity index (χ3v) is 2.66. The van der Waals surface area contributed by atoms with Gasteiger partial charge in [-0.15, -0.1) is 0 Å². The second-order valence-corrected chi connectivity index (χ2v) is 4.87. The third-order valence-electron chi connectivity index (χ3n) is 2.10. The average Bonchev–Trinajstić information content (AvgIpc) is 2.17. The Hall–Kier alpha value is -0.310. The zero-order chi connectivity index (χ0) is 12.5. The molecule has 0 aromatic rings. The van der Waals surface area contributed by atoms with Crippen molar-refractivity contribution < 1.29 is 39.5 Å². The first-order valence-electron chi connectivity index (χ1n) is 4.34. The van der Waals surface area contributed by atoms with Crippen LogP contribution in [-0.4, -0.2) is 60.9 Å². The van der Waals surface area contributed by atoms with E-state index in [4.69, 9.17) is 20.0 Å². The first kappa shape index (κ1) is 13.8. The minimum absolute atomic E-state index is 0.484. The normalized spacial score (nSPS) is 41.5. The van der Waals surface area contributed by atoms with Crippen molar-refractivity contribution in [3.63, 3.8) is 0 Å². The van der Waals surface area contributed by atoms with Gasteiger partial charge in [0.2, 0.25) is 0 Å². The highest BCUT2D eigenvalue weighted by atomic mass is 31.2. The summed E-state index contributed by atoms with van der Waals surface area (Å²) in [6.45, 7) is 0.